The maximum absolute atomic E-state index is 12.6. The third-order valence-corrected chi connectivity index (χ3v) is 5.06. The molecule has 1 aliphatic rings. The quantitative estimate of drug-likeness (QED) is 0.459. The zero-order valence-electron chi connectivity index (χ0n) is 12.0. The van der Waals surface area contributed by atoms with Crippen LogP contribution in [0, 0.1) is 0 Å². The Morgan fingerprint density at radius 2 is 2.23 bits per heavy atom. The molecule has 0 N–H and O–H groups in total. The Kier molecular flexibility index (Phi) is 4.74. The number of benzene rings is 2. The van der Waals surface area contributed by atoms with Crippen molar-refractivity contribution in [2.45, 2.75) is 17.7 Å². The molecule has 0 heterocycles. The predicted molar refractivity (Wildman–Crippen MR) is 96.7 cm³/mol. The number of nitrogens with zero attached hydrogens (tertiary/aromatic N) is 1. The van der Waals surface area contributed by atoms with Crippen LogP contribution in [0.3, 0.4) is 0 Å². The lowest BCUT2D eigenvalue weighted by molar-refractivity contribution is 0.687. The van der Waals surface area contributed by atoms with E-state index < -0.39 is 10.8 Å². The summed E-state index contributed by atoms with van der Waals surface area (Å²) < 4.78 is 12.6. The molecule has 2 nitrogen and oxygen atoms in total. The number of aliphatic imine (C=N–C) groups is 1. The molecule has 1 aliphatic carbocycles. The fourth-order valence-corrected chi connectivity index (χ4v) is 3.89. The number of isothiocyanates is 1. The maximum Gasteiger partial charge on any atom is 0.0775 e. The molecule has 0 saturated heterocycles. The minimum atomic E-state index is -1.13. The highest BCUT2D eigenvalue weighted by atomic mass is 32.2. The van der Waals surface area contributed by atoms with Gasteiger partial charge in [0.15, 0.2) is 0 Å². The molecule has 3 rings (SSSR count). The molecule has 0 saturated carbocycles. The molecule has 22 heavy (non-hydrogen) atoms. The Bertz CT molecular complexity index is 846. The molecule has 1 atom stereocenters. The fraction of sp³-hybridized carbons (Fsp3) is 0.167. The van der Waals surface area contributed by atoms with Gasteiger partial charge in [-0.3, -0.25) is 0 Å². The van der Waals surface area contributed by atoms with Crippen molar-refractivity contribution in [1.82, 2.24) is 0 Å². The van der Waals surface area contributed by atoms with E-state index >= 15 is 0 Å². The lowest BCUT2D eigenvalue weighted by atomic mass is 9.93. The van der Waals surface area contributed by atoms with Crippen LogP contribution in [0.15, 0.2) is 57.8 Å². The molecule has 0 radical (unpaired) electrons. The molecule has 0 fully saturated rings. The van der Waals surface area contributed by atoms with Crippen molar-refractivity contribution in [2.24, 2.45) is 4.99 Å². The molecule has 2 aromatic rings. The first kappa shape index (κ1) is 15.0. The summed E-state index contributed by atoms with van der Waals surface area (Å²) in [5, 5.41) is 6.51. The van der Waals surface area contributed by atoms with Crippen LogP contribution in [0.25, 0.3) is 16.8 Å². The molecular weight excluding hydrogens is 310 g/mol. The van der Waals surface area contributed by atoms with E-state index in [4.69, 9.17) is 0 Å². The Balaban J connectivity index is 1.94. The van der Waals surface area contributed by atoms with Crippen molar-refractivity contribution in [2.75, 3.05) is 6.54 Å². The average molecular weight is 325 g/mol. The van der Waals surface area contributed by atoms with Gasteiger partial charge in [-0.2, -0.15) is 0 Å². The minimum Gasteiger partial charge on any atom is -0.250 e. The monoisotopic (exact) mass is 325 g/mol. The van der Waals surface area contributed by atoms with E-state index in [9.17, 15) is 4.21 Å². The lowest BCUT2D eigenvalue weighted by Gasteiger charge is -2.15. The Morgan fingerprint density at radius 1 is 1.32 bits per heavy atom. The second-order valence-electron chi connectivity index (χ2n) is 5.02. The van der Waals surface area contributed by atoms with E-state index in [1.54, 1.807) is 5.41 Å². The first-order valence-corrected chi connectivity index (χ1v) is 8.75. The van der Waals surface area contributed by atoms with Crippen molar-refractivity contribution in [3.8, 4) is 0 Å². The third kappa shape index (κ3) is 3.00. The zero-order chi connectivity index (χ0) is 15.4. The zero-order valence-corrected chi connectivity index (χ0v) is 13.6. The molecule has 0 aliphatic heterocycles. The molecular formula is C18H15NOS2. The summed E-state index contributed by atoms with van der Waals surface area (Å²) in [5.74, 6) is 0. The normalized spacial score (nSPS) is 14.2. The molecule has 0 amide bonds. The summed E-state index contributed by atoms with van der Waals surface area (Å²) in [6, 6.07) is 10.3. The van der Waals surface area contributed by atoms with E-state index in [0.29, 0.717) is 6.54 Å². The molecule has 4 heteroatoms. The van der Waals surface area contributed by atoms with Gasteiger partial charge >= 0.3 is 0 Å². The SMILES string of the molecule is O=S(C=CCCN=C=S)c1ccc2cccc3c2c1CC=C3. The topological polar surface area (TPSA) is 29.4 Å². The van der Waals surface area contributed by atoms with E-state index in [1.807, 2.05) is 12.1 Å². The van der Waals surface area contributed by atoms with Crippen molar-refractivity contribution >= 4 is 45.0 Å². The second-order valence-corrected chi connectivity index (χ2v) is 6.51. The molecule has 0 bridgehead atoms. The van der Waals surface area contributed by atoms with Crippen molar-refractivity contribution < 1.29 is 4.21 Å². The predicted octanol–water partition coefficient (Wildman–Crippen LogP) is 4.52. The van der Waals surface area contributed by atoms with Crippen LogP contribution < -0.4 is 0 Å². The van der Waals surface area contributed by atoms with Gasteiger partial charge in [-0.15, -0.1) is 0 Å². The summed E-state index contributed by atoms with van der Waals surface area (Å²) >= 11 is 4.52. The molecule has 110 valence electrons. The standard InChI is InChI=1S/C18H15NOS2/c20-22(12-2-1-11-19-13-21)17-10-9-15-6-3-5-14-7-4-8-16(17)18(14)15/h2-7,9-10,12H,1,8,11H2. The van der Waals surface area contributed by atoms with Gasteiger partial charge < -0.3 is 0 Å². The average Bonchev–Trinajstić information content (AvgIpc) is 2.55. The lowest BCUT2D eigenvalue weighted by Crippen LogP contribution is -2.00. The van der Waals surface area contributed by atoms with Gasteiger partial charge in [-0.1, -0.05) is 42.5 Å². The molecule has 1 unspecified atom stereocenters. The highest BCUT2D eigenvalue weighted by Gasteiger charge is 2.14. The fourth-order valence-electron chi connectivity index (χ4n) is 2.71. The van der Waals surface area contributed by atoms with Gasteiger partial charge in [0.25, 0.3) is 0 Å². The van der Waals surface area contributed by atoms with Crippen LogP contribution in [0.5, 0.6) is 0 Å². The van der Waals surface area contributed by atoms with Gasteiger partial charge in [0.1, 0.15) is 0 Å². The molecule has 0 spiro atoms. The largest absolute Gasteiger partial charge is 0.250 e. The smallest absolute Gasteiger partial charge is 0.0775 e. The minimum absolute atomic E-state index is 0.592. The van der Waals surface area contributed by atoms with Crippen LogP contribution in [0.4, 0.5) is 0 Å². The Labute approximate surface area is 137 Å². The number of rotatable bonds is 5. The second kappa shape index (κ2) is 6.93. The van der Waals surface area contributed by atoms with Gasteiger partial charge in [-0.05, 0) is 53.0 Å². The summed E-state index contributed by atoms with van der Waals surface area (Å²) in [5.41, 5.74) is 2.38. The number of thiocarbonyl (C=S) groups is 1. The van der Waals surface area contributed by atoms with Crippen LogP contribution in [-0.4, -0.2) is 15.9 Å². The van der Waals surface area contributed by atoms with Crippen LogP contribution in [0.2, 0.25) is 0 Å². The summed E-state index contributed by atoms with van der Waals surface area (Å²) in [6.07, 6.45) is 7.73. The number of allylic oxidation sites excluding steroid dienone is 1. The van der Waals surface area contributed by atoms with E-state index in [0.717, 1.165) is 17.7 Å². The maximum atomic E-state index is 12.6. The van der Waals surface area contributed by atoms with Crippen LogP contribution >= 0.6 is 12.2 Å². The summed E-state index contributed by atoms with van der Waals surface area (Å²) in [7, 11) is -1.13. The van der Waals surface area contributed by atoms with Gasteiger partial charge in [0.05, 0.1) is 22.5 Å². The van der Waals surface area contributed by atoms with Gasteiger partial charge in [-0.25, -0.2) is 9.20 Å². The van der Waals surface area contributed by atoms with E-state index in [-0.39, 0.29) is 0 Å². The molecule has 0 aromatic heterocycles. The van der Waals surface area contributed by atoms with Crippen molar-refractivity contribution in [3.63, 3.8) is 0 Å². The first-order valence-electron chi connectivity index (χ1n) is 7.13. The third-order valence-electron chi connectivity index (χ3n) is 3.67. The van der Waals surface area contributed by atoms with E-state index in [2.05, 4.69) is 58.8 Å². The van der Waals surface area contributed by atoms with Crippen LogP contribution in [-0.2, 0) is 17.2 Å². The van der Waals surface area contributed by atoms with E-state index in [1.165, 1.54) is 21.9 Å². The van der Waals surface area contributed by atoms with Gasteiger partial charge in [0.2, 0.25) is 0 Å². The van der Waals surface area contributed by atoms with Crippen molar-refractivity contribution in [3.05, 3.63) is 59.0 Å². The number of hydrogen-bond acceptors (Lipinski definition) is 3. The first-order chi connectivity index (χ1) is 10.8. The number of hydrogen-bond donors (Lipinski definition) is 0. The van der Waals surface area contributed by atoms with Crippen molar-refractivity contribution in [1.29, 1.82) is 0 Å². The Hall–Kier alpha value is -1.87. The molecule has 2 aromatic carbocycles. The Morgan fingerprint density at radius 3 is 3.09 bits per heavy atom. The summed E-state index contributed by atoms with van der Waals surface area (Å²) in [4.78, 5) is 4.74. The highest BCUT2D eigenvalue weighted by molar-refractivity contribution is 7.88. The van der Waals surface area contributed by atoms with Crippen LogP contribution in [0.1, 0.15) is 17.5 Å². The highest BCUT2D eigenvalue weighted by Crippen LogP contribution is 2.32. The summed E-state index contributed by atoms with van der Waals surface area (Å²) in [6.45, 7) is 0.592. The van der Waals surface area contributed by atoms with Gasteiger partial charge in [0, 0.05) is 10.3 Å².